The van der Waals surface area contributed by atoms with Gasteiger partial charge >= 0.3 is 12.0 Å². The molecule has 0 aliphatic carbocycles. The lowest BCUT2D eigenvalue weighted by atomic mass is 10.0. The van der Waals surface area contributed by atoms with Crippen LogP contribution in [0.4, 0.5) is 4.79 Å². The third-order valence-electron chi connectivity index (χ3n) is 5.09. The molecule has 27 heavy (non-hydrogen) atoms. The van der Waals surface area contributed by atoms with Crippen LogP contribution in [0.15, 0.2) is 11.4 Å². The summed E-state index contributed by atoms with van der Waals surface area (Å²) in [6.07, 6.45) is 4.78. The Bertz CT molecular complexity index is 605. The molecule has 2 amide bonds. The molecular weight excluding hydrogens is 362 g/mol. The number of thiophene rings is 1. The first kappa shape index (κ1) is 21.7. The van der Waals surface area contributed by atoms with E-state index in [9.17, 15) is 9.59 Å². The van der Waals surface area contributed by atoms with E-state index in [1.165, 1.54) is 29.7 Å². The molecule has 1 aliphatic rings. The first-order valence-electron chi connectivity index (χ1n) is 9.96. The number of carbonyl (C=O) groups excluding carboxylic acids is 2. The minimum atomic E-state index is -0.403. The van der Waals surface area contributed by atoms with E-state index >= 15 is 0 Å². The van der Waals surface area contributed by atoms with Gasteiger partial charge in [0.2, 0.25) is 0 Å². The van der Waals surface area contributed by atoms with Crippen molar-refractivity contribution in [2.45, 2.75) is 59.0 Å². The van der Waals surface area contributed by atoms with Crippen LogP contribution in [0.5, 0.6) is 0 Å². The number of nitrogens with one attached hydrogen (secondary N) is 1. The second-order valence-electron chi connectivity index (χ2n) is 7.15. The van der Waals surface area contributed by atoms with E-state index in [1.807, 2.05) is 4.90 Å². The molecule has 0 spiro atoms. The van der Waals surface area contributed by atoms with Crippen molar-refractivity contribution in [1.29, 1.82) is 0 Å². The first-order valence-corrected chi connectivity index (χ1v) is 10.8. The summed E-state index contributed by atoms with van der Waals surface area (Å²) in [5, 5.41) is 4.75. The number of amides is 2. The maximum Gasteiger partial charge on any atom is 0.325 e. The molecule has 1 fully saturated rings. The summed E-state index contributed by atoms with van der Waals surface area (Å²) < 4.78 is 4.89. The van der Waals surface area contributed by atoms with Gasteiger partial charge in [-0.2, -0.15) is 0 Å². The van der Waals surface area contributed by atoms with Gasteiger partial charge < -0.3 is 19.9 Å². The molecule has 0 bridgehead atoms. The van der Waals surface area contributed by atoms with Crippen molar-refractivity contribution >= 4 is 23.3 Å². The molecule has 0 radical (unpaired) electrons. The number of ether oxygens (including phenoxy) is 1. The lowest BCUT2D eigenvalue weighted by Gasteiger charge is -2.34. The van der Waals surface area contributed by atoms with Crippen LogP contribution in [0.1, 0.15) is 50.0 Å². The molecule has 6 nitrogen and oxygen atoms in total. The number of rotatable bonds is 9. The highest BCUT2D eigenvalue weighted by Crippen LogP contribution is 2.19. The van der Waals surface area contributed by atoms with Gasteiger partial charge in [0.1, 0.15) is 6.54 Å². The van der Waals surface area contributed by atoms with Gasteiger partial charge in [-0.05, 0) is 63.6 Å². The van der Waals surface area contributed by atoms with Gasteiger partial charge in [-0.25, -0.2) is 4.79 Å². The predicted octanol–water partition coefficient (Wildman–Crippen LogP) is 3.40. The van der Waals surface area contributed by atoms with Crippen LogP contribution in [0.25, 0.3) is 0 Å². The van der Waals surface area contributed by atoms with E-state index in [4.69, 9.17) is 4.74 Å². The number of hydrogen-bond acceptors (Lipinski definition) is 5. The molecule has 152 valence electrons. The number of carbonyl (C=O) groups is 2. The molecule has 2 rings (SSSR count). The van der Waals surface area contributed by atoms with E-state index in [2.05, 4.69) is 35.5 Å². The molecule has 1 saturated heterocycles. The monoisotopic (exact) mass is 395 g/mol. The average Bonchev–Trinajstić information content (AvgIpc) is 3.05. The smallest absolute Gasteiger partial charge is 0.325 e. The third kappa shape index (κ3) is 7.14. The summed E-state index contributed by atoms with van der Waals surface area (Å²) in [6.45, 7) is 9.76. The van der Waals surface area contributed by atoms with Crippen LogP contribution >= 0.6 is 11.3 Å². The molecule has 0 saturated carbocycles. The molecule has 0 aromatic carbocycles. The molecule has 1 aliphatic heterocycles. The standard InChI is InChI=1S/C20H33N3O3S/c1-4-26-19(24)14-21-20(25)23(15-18-16(2)9-13-27-18)12-7-11-22-10-6-5-8-17(22)3/h9,13,17H,4-8,10-12,14-15H2,1-3H3,(H,21,25). The zero-order valence-electron chi connectivity index (χ0n) is 16.8. The van der Waals surface area contributed by atoms with Crippen molar-refractivity contribution < 1.29 is 14.3 Å². The minimum absolute atomic E-state index is 0.0875. The Balaban J connectivity index is 1.89. The second-order valence-corrected chi connectivity index (χ2v) is 8.15. The predicted molar refractivity (Wildman–Crippen MR) is 109 cm³/mol. The highest BCUT2D eigenvalue weighted by Gasteiger charge is 2.20. The summed E-state index contributed by atoms with van der Waals surface area (Å²) in [4.78, 5) is 29.7. The lowest BCUT2D eigenvalue weighted by molar-refractivity contribution is -0.141. The zero-order valence-corrected chi connectivity index (χ0v) is 17.6. The number of nitrogens with zero attached hydrogens (tertiary/aromatic N) is 2. The first-order chi connectivity index (χ1) is 13.0. The summed E-state index contributed by atoms with van der Waals surface area (Å²) in [5.41, 5.74) is 1.20. The summed E-state index contributed by atoms with van der Waals surface area (Å²) in [5.74, 6) is -0.403. The number of piperidine rings is 1. The van der Waals surface area contributed by atoms with E-state index in [0.717, 1.165) is 19.5 Å². The SMILES string of the molecule is CCOC(=O)CNC(=O)N(CCCN1CCCCC1C)Cc1sccc1C. The molecule has 1 atom stereocenters. The van der Waals surface area contributed by atoms with Crippen molar-refractivity contribution in [2.24, 2.45) is 0 Å². The van der Waals surface area contributed by atoms with Gasteiger partial charge in [-0.3, -0.25) is 4.79 Å². The Morgan fingerprint density at radius 2 is 2.22 bits per heavy atom. The molecular formula is C20H33N3O3S. The molecule has 7 heteroatoms. The summed E-state index contributed by atoms with van der Waals surface area (Å²) >= 11 is 1.67. The van der Waals surface area contributed by atoms with Crippen molar-refractivity contribution in [2.75, 3.05) is 32.8 Å². The molecule has 1 aromatic heterocycles. The number of hydrogen-bond donors (Lipinski definition) is 1. The van der Waals surface area contributed by atoms with Crippen LogP contribution < -0.4 is 5.32 Å². The highest BCUT2D eigenvalue weighted by molar-refractivity contribution is 7.10. The number of esters is 1. The van der Waals surface area contributed by atoms with Gasteiger partial charge in [0.05, 0.1) is 13.2 Å². The Hall–Kier alpha value is -1.60. The Kier molecular flexibility index (Phi) is 9.07. The number of likely N-dealkylation sites (tertiary alicyclic amines) is 1. The van der Waals surface area contributed by atoms with Crippen LogP contribution in [0.2, 0.25) is 0 Å². The molecule has 1 unspecified atom stereocenters. The van der Waals surface area contributed by atoms with Crippen molar-refractivity contribution in [3.05, 3.63) is 21.9 Å². The maximum absolute atomic E-state index is 12.6. The van der Waals surface area contributed by atoms with Crippen molar-refractivity contribution in [1.82, 2.24) is 15.1 Å². The molecule has 1 aromatic rings. The van der Waals surface area contributed by atoms with Crippen LogP contribution in [0.3, 0.4) is 0 Å². The Labute approximate surface area is 166 Å². The maximum atomic E-state index is 12.6. The Morgan fingerprint density at radius 3 is 2.89 bits per heavy atom. The van der Waals surface area contributed by atoms with E-state index in [-0.39, 0.29) is 12.6 Å². The van der Waals surface area contributed by atoms with E-state index in [1.54, 1.807) is 18.3 Å². The van der Waals surface area contributed by atoms with Crippen LogP contribution in [-0.4, -0.2) is 60.6 Å². The fourth-order valence-corrected chi connectivity index (χ4v) is 4.34. The third-order valence-corrected chi connectivity index (χ3v) is 6.10. The lowest BCUT2D eigenvalue weighted by Crippen LogP contribution is -2.44. The second kappa shape index (κ2) is 11.3. The fraction of sp³-hybridized carbons (Fsp3) is 0.700. The highest BCUT2D eigenvalue weighted by atomic mass is 32.1. The van der Waals surface area contributed by atoms with E-state index in [0.29, 0.717) is 25.7 Å². The topological polar surface area (TPSA) is 61.9 Å². The summed E-state index contributed by atoms with van der Waals surface area (Å²) in [6, 6.07) is 2.50. The normalized spacial score (nSPS) is 17.5. The van der Waals surface area contributed by atoms with Crippen LogP contribution in [0, 0.1) is 6.92 Å². The fourth-order valence-electron chi connectivity index (χ4n) is 3.42. The molecule has 1 N–H and O–H groups in total. The van der Waals surface area contributed by atoms with E-state index < -0.39 is 5.97 Å². The zero-order chi connectivity index (χ0) is 19.6. The van der Waals surface area contributed by atoms with Crippen molar-refractivity contribution in [3.63, 3.8) is 0 Å². The largest absolute Gasteiger partial charge is 0.465 e. The van der Waals surface area contributed by atoms with Gasteiger partial charge in [0.25, 0.3) is 0 Å². The van der Waals surface area contributed by atoms with Gasteiger partial charge in [-0.1, -0.05) is 6.42 Å². The minimum Gasteiger partial charge on any atom is -0.465 e. The van der Waals surface area contributed by atoms with Crippen LogP contribution in [-0.2, 0) is 16.1 Å². The Morgan fingerprint density at radius 1 is 1.41 bits per heavy atom. The van der Waals surface area contributed by atoms with Gasteiger partial charge in [0.15, 0.2) is 0 Å². The van der Waals surface area contributed by atoms with Gasteiger partial charge in [-0.15, -0.1) is 11.3 Å². The quantitative estimate of drug-likeness (QED) is 0.651. The summed E-state index contributed by atoms with van der Waals surface area (Å²) in [7, 11) is 0. The average molecular weight is 396 g/mol. The molecule has 2 heterocycles. The number of aryl methyl sites for hydroxylation is 1. The van der Waals surface area contributed by atoms with Gasteiger partial charge in [0, 0.05) is 24.0 Å². The van der Waals surface area contributed by atoms with Crippen molar-refractivity contribution in [3.8, 4) is 0 Å². The number of urea groups is 1.